The van der Waals surface area contributed by atoms with E-state index in [1.165, 1.54) is 0 Å². The van der Waals surface area contributed by atoms with E-state index in [-0.39, 0.29) is 11.6 Å². The summed E-state index contributed by atoms with van der Waals surface area (Å²) in [5.41, 5.74) is 0.104. The number of ether oxygens (including phenoxy) is 1. The normalized spacial score (nSPS) is 45.4. The molecule has 2 rings (SSSR count). The summed E-state index contributed by atoms with van der Waals surface area (Å²) in [4.78, 5) is 0. The van der Waals surface area contributed by atoms with E-state index in [2.05, 4.69) is 19.2 Å². The van der Waals surface area contributed by atoms with Gasteiger partial charge >= 0.3 is 0 Å². The summed E-state index contributed by atoms with van der Waals surface area (Å²) >= 11 is 11.9. The molecule has 2 aliphatic rings. The van der Waals surface area contributed by atoms with Crippen LogP contribution < -0.4 is 5.32 Å². The van der Waals surface area contributed by atoms with Gasteiger partial charge in [0.25, 0.3) is 0 Å². The first-order chi connectivity index (χ1) is 6.44. The van der Waals surface area contributed by atoms with Crippen LogP contribution in [0.25, 0.3) is 0 Å². The van der Waals surface area contributed by atoms with Gasteiger partial charge in [0.1, 0.15) is 4.33 Å². The molecule has 1 aliphatic carbocycles. The molecule has 1 saturated heterocycles. The summed E-state index contributed by atoms with van der Waals surface area (Å²) in [6.45, 7) is 6.07. The Balaban J connectivity index is 1.80. The Morgan fingerprint density at radius 3 is 2.57 bits per heavy atom. The molecule has 0 amide bonds. The first-order valence-electron chi connectivity index (χ1n) is 5.18. The van der Waals surface area contributed by atoms with E-state index < -0.39 is 4.33 Å². The highest BCUT2D eigenvalue weighted by Gasteiger charge is 2.52. The van der Waals surface area contributed by atoms with E-state index in [1.807, 2.05) is 0 Å². The van der Waals surface area contributed by atoms with Crippen LogP contribution in [0.3, 0.4) is 0 Å². The van der Waals surface area contributed by atoms with Gasteiger partial charge in [0, 0.05) is 24.6 Å². The van der Waals surface area contributed by atoms with Crippen LogP contribution in [-0.2, 0) is 4.74 Å². The van der Waals surface area contributed by atoms with Crippen LogP contribution in [0.2, 0.25) is 0 Å². The maximum atomic E-state index is 5.97. The monoisotopic (exact) mass is 237 g/mol. The molecule has 1 saturated carbocycles. The molecule has 2 fully saturated rings. The first kappa shape index (κ1) is 11.0. The van der Waals surface area contributed by atoms with Gasteiger partial charge in [-0.15, -0.1) is 23.2 Å². The molecule has 0 spiro atoms. The van der Waals surface area contributed by atoms with E-state index in [9.17, 15) is 0 Å². The molecular weight excluding hydrogens is 221 g/mol. The van der Waals surface area contributed by atoms with Gasteiger partial charge in [0.05, 0.1) is 6.10 Å². The Hall–Kier alpha value is 0.500. The maximum Gasteiger partial charge on any atom is 0.122 e. The Kier molecular flexibility index (Phi) is 2.76. The van der Waals surface area contributed by atoms with E-state index in [4.69, 9.17) is 27.9 Å². The van der Waals surface area contributed by atoms with Gasteiger partial charge in [-0.05, 0) is 26.7 Å². The maximum absolute atomic E-state index is 5.97. The second-order valence-corrected chi connectivity index (χ2v) is 6.27. The highest BCUT2D eigenvalue weighted by atomic mass is 35.5. The Bertz CT molecular complexity index is 234. The largest absolute Gasteiger partial charge is 0.377 e. The van der Waals surface area contributed by atoms with Gasteiger partial charge in [-0.25, -0.2) is 0 Å². The van der Waals surface area contributed by atoms with E-state index in [0.717, 1.165) is 26.0 Å². The quantitative estimate of drug-likeness (QED) is 0.762. The van der Waals surface area contributed by atoms with Crippen molar-refractivity contribution in [2.24, 2.45) is 5.92 Å². The third-order valence-electron chi connectivity index (χ3n) is 3.59. The van der Waals surface area contributed by atoms with Crippen LogP contribution in [0.1, 0.15) is 26.7 Å². The molecule has 0 radical (unpaired) electrons. The van der Waals surface area contributed by atoms with Gasteiger partial charge in [0.2, 0.25) is 0 Å². The predicted octanol–water partition coefficient (Wildman–Crippen LogP) is 2.34. The smallest absolute Gasteiger partial charge is 0.122 e. The minimum Gasteiger partial charge on any atom is -0.377 e. The van der Waals surface area contributed by atoms with Gasteiger partial charge in [-0.1, -0.05) is 0 Å². The molecule has 0 aromatic carbocycles. The molecule has 0 aromatic rings. The van der Waals surface area contributed by atoms with Crippen molar-refractivity contribution in [2.75, 3.05) is 13.2 Å². The zero-order chi connectivity index (χ0) is 10.4. The molecule has 0 bridgehead atoms. The molecule has 3 atom stereocenters. The summed E-state index contributed by atoms with van der Waals surface area (Å²) < 4.78 is 5.08. The summed E-state index contributed by atoms with van der Waals surface area (Å²) in [6.07, 6.45) is 2.26. The lowest BCUT2D eigenvalue weighted by molar-refractivity contribution is 0.0883. The number of halogens is 2. The Morgan fingerprint density at radius 1 is 1.50 bits per heavy atom. The van der Waals surface area contributed by atoms with Crippen molar-refractivity contribution >= 4 is 23.2 Å². The van der Waals surface area contributed by atoms with Crippen molar-refractivity contribution in [1.82, 2.24) is 5.32 Å². The van der Waals surface area contributed by atoms with Crippen LogP contribution in [0.15, 0.2) is 0 Å². The molecule has 1 heterocycles. The van der Waals surface area contributed by atoms with Crippen LogP contribution >= 0.6 is 23.2 Å². The summed E-state index contributed by atoms with van der Waals surface area (Å²) in [6, 6.07) is 0. The molecule has 1 N–H and O–H groups in total. The lowest BCUT2D eigenvalue weighted by Crippen LogP contribution is -2.48. The van der Waals surface area contributed by atoms with Crippen molar-refractivity contribution in [3.63, 3.8) is 0 Å². The van der Waals surface area contributed by atoms with E-state index >= 15 is 0 Å². The summed E-state index contributed by atoms with van der Waals surface area (Å²) in [7, 11) is 0. The second-order valence-electron chi connectivity index (χ2n) is 4.72. The Morgan fingerprint density at radius 2 is 2.14 bits per heavy atom. The average molecular weight is 238 g/mol. The molecule has 14 heavy (non-hydrogen) atoms. The fourth-order valence-corrected chi connectivity index (χ4v) is 2.44. The SMILES string of the molecule is CC1OCCC1(C)NCC1CC1(Cl)Cl. The van der Waals surface area contributed by atoms with E-state index in [1.54, 1.807) is 0 Å². The third kappa shape index (κ3) is 2.04. The van der Waals surface area contributed by atoms with Crippen LogP contribution in [0.5, 0.6) is 0 Å². The lowest BCUT2D eigenvalue weighted by atomic mass is 9.94. The molecule has 1 aliphatic heterocycles. The molecule has 0 aromatic heterocycles. The van der Waals surface area contributed by atoms with Gasteiger partial charge in [-0.2, -0.15) is 0 Å². The standard InChI is InChI=1S/C10H17Cl2NO/c1-7-9(2,3-4-14-7)13-6-8-5-10(8,11)12/h7-8,13H,3-6H2,1-2H3. The molecule has 2 nitrogen and oxygen atoms in total. The number of hydrogen-bond donors (Lipinski definition) is 1. The first-order valence-corrected chi connectivity index (χ1v) is 5.94. The van der Waals surface area contributed by atoms with Crippen LogP contribution in [0, 0.1) is 5.92 Å². The van der Waals surface area contributed by atoms with Crippen molar-refractivity contribution in [3.8, 4) is 0 Å². The fourth-order valence-electron chi connectivity index (χ4n) is 1.91. The number of hydrogen-bond acceptors (Lipinski definition) is 2. The highest BCUT2D eigenvalue weighted by Crippen LogP contribution is 2.52. The van der Waals surface area contributed by atoms with Crippen molar-refractivity contribution in [2.45, 2.75) is 42.7 Å². The van der Waals surface area contributed by atoms with Gasteiger partial charge in [-0.3, -0.25) is 0 Å². The lowest BCUT2D eigenvalue weighted by Gasteiger charge is -2.29. The molecule has 82 valence electrons. The van der Waals surface area contributed by atoms with Gasteiger partial charge in [0.15, 0.2) is 0 Å². The molecule has 3 unspecified atom stereocenters. The van der Waals surface area contributed by atoms with Crippen LogP contribution in [0.4, 0.5) is 0 Å². The van der Waals surface area contributed by atoms with Crippen LogP contribution in [-0.4, -0.2) is 29.1 Å². The van der Waals surface area contributed by atoms with E-state index in [0.29, 0.717) is 5.92 Å². The average Bonchev–Trinajstić information content (AvgIpc) is 2.57. The van der Waals surface area contributed by atoms with Crippen molar-refractivity contribution < 1.29 is 4.74 Å². The topological polar surface area (TPSA) is 21.3 Å². The Labute approximate surface area is 95.3 Å². The number of alkyl halides is 2. The summed E-state index contributed by atoms with van der Waals surface area (Å²) in [5.74, 6) is 0.412. The molecular formula is C10H17Cl2NO. The van der Waals surface area contributed by atoms with Crippen molar-refractivity contribution in [1.29, 1.82) is 0 Å². The fraction of sp³-hybridized carbons (Fsp3) is 1.00. The minimum absolute atomic E-state index is 0.104. The number of nitrogens with one attached hydrogen (secondary N) is 1. The van der Waals surface area contributed by atoms with Gasteiger partial charge < -0.3 is 10.1 Å². The predicted molar refractivity (Wildman–Crippen MR) is 59.0 cm³/mol. The zero-order valence-electron chi connectivity index (χ0n) is 8.65. The number of rotatable bonds is 3. The van der Waals surface area contributed by atoms with Crippen molar-refractivity contribution in [3.05, 3.63) is 0 Å². The highest BCUT2D eigenvalue weighted by molar-refractivity contribution is 6.50. The second kappa shape index (κ2) is 3.51. The zero-order valence-corrected chi connectivity index (χ0v) is 10.2. The minimum atomic E-state index is -0.466. The summed E-state index contributed by atoms with van der Waals surface area (Å²) in [5, 5.41) is 3.53. The third-order valence-corrected chi connectivity index (χ3v) is 4.52. The molecule has 4 heteroatoms.